The highest BCUT2D eigenvalue weighted by molar-refractivity contribution is 6.43. The van der Waals surface area contributed by atoms with Crippen LogP contribution in [0.5, 0.6) is 0 Å². The number of Topliss-reactive ketones (excluding diaryl/α,β-unsaturated/α-hetero) is 1. The minimum atomic E-state index is -0.903. The number of ether oxygens (including phenoxy) is 2. The summed E-state index contributed by atoms with van der Waals surface area (Å²) in [5, 5.41) is 9.60. The van der Waals surface area contributed by atoms with Gasteiger partial charge in [-0.25, -0.2) is 0 Å². The first-order valence-electron chi connectivity index (χ1n) is 10.4. The van der Waals surface area contributed by atoms with Crippen molar-refractivity contribution in [3.05, 3.63) is 47.4 Å². The summed E-state index contributed by atoms with van der Waals surface area (Å²) in [6.45, 7) is 4.37. The maximum atomic E-state index is 12.4. The molecule has 4 rings (SSSR count). The number of aliphatic hydroxyl groups excluding tert-OH is 1. The Morgan fingerprint density at radius 3 is 2.52 bits per heavy atom. The van der Waals surface area contributed by atoms with Crippen LogP contribution >= 0.6 is 0 Å². The maximum absolute atomic E-state index is 12.4. The highest BCUT2D eigenvalue weighted by Crippen LogP contribution is 2.29. The summed E-state index contributed by atoms with van der Waals surface area (Å²) in [7, 11) is 0. The summed E-state index contributed by atoms with van der Waals surface area (Å²) in [5.74, 6) is -0.608. The van der Waals surface area contributed by atoms with Crippen molar-refractivity contribution < 1.29 is 24.2 Å². The molecule has 0 radical (unpaired) electrons. The summed E-state index contributed by atoms with van der Waals surface area (Å²) >= 11 is 0. The van der Waals surface area contributed by atoms with E-state index in [1.807, 2.05) is 29.2 Å². The summed E-state index contributed by atoms with van der Waals surface area (Å²) in [5.41, 5.74) is 1.80. The molecule has 2 unspecified atom stereocenters. The normalized spacial score (nSPS) is 26.2. The van der Waals surface area contributed by atoms with Crippen LogP contribution in [-0.4, -0.2) is 72.0 Å². The Morgan fingerprint density at radius 2 is 1.79 bits per heavy atom. The highest BCUT2D eigenvalue weighted by Gasteiger charge is 2.35. The van der Waals surface area contributed by atoms with Gasteiger partial charge in [-0.3, -0.25) is 14.5 Å². The lowest BCUT2D eigenvalue weighted by Crippen LogP contribution is -2.41. The molecule has 0 aromatic heterocycles. The number of morpholine rings is 1. The van der Waals surface area contributed by atoms with Crippen LogP contribution in [0.4, 0.5) is 0 Å². The number of allylic oxidation sites excluding steroid dienone is 1. The molecule has 156 valence electrons. The van der Waals surface area contributed by atoms with Crippen LogP contribution in [0.2, 0.25) is 0 Å². The molecule has 0 amide bonds. The summed E-state index contributed by atoms with van der Waals surface area (Å²) in [6, 6.07) is 7.90. The van der Waals surface area contributed by atoms with Crippen LogP contribution in [0.3, 0.4) is 0 Å². The van der Waals surface area contributed by atoms with Gasteiger partial charge in [0, 0.05) is 37.3 Å². The van der Waals surface area contributed by atoms with E-state index in [1.54, 1.807) is 0 Å². The minimum absolute atomic E-state index is 0.182. The third kappa shape index (κ3) is 4.52. The van der Waals surface area contributed by atoms with Crippen molar-refractivity contribution in [3.63, 3.8) is 0 Å². The van der Waals surface area contributed by atoms with Crippen LogP contribution in [0.1, 0.15) is 36.5 Å². The highest BCUT2D eigenvalue weighted by atomic mass is 16.5. The smallest absolute Gasteiger partial charge is 0.247 e. The van der Waals surface area contributed by atoms with Gasteiger partial charge in [0.15, 0.2) is 12.0 Å². The Morgan fingerprint density at radius 1 is 1.03 bits per heavy atom. The van der Waals surface area contributed by atoms with E-state index in [-0.39, 0.29) is 12.6 Å². The first-order chi connectivity index (χ1) is 14.2. The summed E-state index contributed by atoms with van der Waals surface area (Å²) < 4.78 is 11.3. The number of hydrogen-bond donors (Lipinski definition) is 1. The molecule has 3 aliphatic heterocycles. The molecule has 2 fully saturated rings. The summed E-state index contributed by atoms with van der Waals surface area (Å²) in [6.07, 6.45) is 3.73. The first kappa shape index (κ1) is 20.1. The van der Waals surface area contributed by atoms with Crippen LogP contribution in [-0.2, 0) is 25.6 Å². The number of carbonyl (C=O) groups excluding carboxylic acids is 2. The second-order valence-corrected chi connectivity index (χ2v) is 7.85. The first-order valence-corrected chi connectivity index (χ1v) is 10.4. The maximum Gasteiger partial charge on any atom is 0.247 e. The molecule has 0 aliphatic carbocycles. The van der Waals surface area contributed by atoms with E-state index in [9.17, 15) is 14.7 Å². The number of nitrogens with zero attached hydrogens (tertiary/aromatic N) is 2. The van der Waals surface area contributed by atoms with Crippen molar-refractivity contribution in [2.24, 2.45) is 0 Å². The molecule has 0 bridgehead atoms. The zero-order valence-corrected chi connectivity index (χ0v) is 16.6. The number of carbonyl (C=O) groups is 2. The number of rotatable bonds is 5. The van der Waals surface area contributed by atoms with Crippen molar-refractivity contribution in [1.82, 2.24) is 9.80 Å². The number of hydrogen-bond acceptors (Lipinski definition) is 7. The standard InChI is InChI=1S/C22H28N2O5/c25-15-18-3-1-2-8-24(18)14-16-4-6-17(7-5-16)22-21(27)19(26)13-20(29-22)23-9-11-28-12-10-23/h4-7,13,18,22,25H,1-3,8-12,14-15H2. The fraction of sp³-hybridized carbons (Fsp3) is 0.545. The number of likely N-dealkylation sites (tertiary alicyclic amines) is 1. The van der Waals surface area contributed by atoms with Crippen molar-refractivity contribution in [2.45, 2.75) is 38.0 Å². The molecule has 1 aromatic rings. The number of ketones is 2. The molecular formula is C22H28N2O5. The van der Waals surface area contributed by atoms with E-state index in [0.717, 1.165) is 37.9 Å². The Bertz CT molecular complexity index is 770. The number of aliphatic hydroxyl groups is 1. The SMILES string of the molecule is O=C1C=C(N2CCOCC2)OC(c2ccc(CN3CCCCC3CO)cc2)C1=O. The van der Waals surface area contributed by atoms with E-state index >= 15 is 0 Å². The quantitative estimate of drug-likeness (QED) is 0.749. The van der Waals surface area contributed by atoms with Gasteiger partial charge in [-0.1, -0.05) is 30.7 Å². The van der Waals surface area contributed by atoms with Gasteiger partial charge in [-0.15, -0.1) is 0 Å². The van der Waals surface area contributed by atoms with E-state index in [0.29, 0.717) is 37.7 Å². The van der Waals surface area contributed by atoms with Gasteiger partial charge in [0.1, 0.15) is 0 Å². The molecule has 2 saturated heterocycles. The molecule has 3 heterocycles. The number of piperidine rings is 1. The Hall–Kier alpha value is -2.22. The zero-order chi connectivity index (χ0) is 20.2. The molecule has 0 saturated carbocycles. The van der Waals surface area contributed by atoms with E-state index in [4.69, 9.17) is 9.47 Å². The molecule has 7 heteroatoms. The largest absolute Gasteiger partial charge is 0.462 e. The van der Waals surface area contributed by atoms with Gasteiger partial charge in [-0.05, 0) is 24.9 Å². The second-order valence-electron chi connectivity index (χ2n) is 7.85. The number of benzene rings is 1. The average molecular weight is 400 g/mol. The van der Waals surface area contributed by atoms with Crippen LogP contribution in [0.15, 0.2) is 36.2 Å². The third-order valence-electron chi connectivity index (χ3n) is 5.92. The van der Waals surface area contributed by atoms with Crippen molar-refractivity contribution in [2.75, 3.05) is 39.5 Å². The molecule has 29 heavy (non-hydrogen) atoms. The van der Waals surface area contributed by atoms with Crippen molar-refractivity contribution in [1.29, 1.82) is 0 Å². The fourth-order valence-corrected chi connectivity index (χ4v) is 4.20. The third-order valence-corrected chi connectivity index (χ3v) is 5.92. The molecule has 2 atom stereocenters. The van der Waals surface area contributed by atoms with Gasteiger partial charge in [0.2, 0.25) is 11.6 Å². The summed E-state index contributed by atoms with van der Waals surface area (Å²) in [4.78, 5) is 28.9. The monoisotopic (exact) mass is 400 g/mol. The van der Waals surface area contributed by atoms with Crippen molar-refractivity contribution >= 4 is 11.6 Å². The van der Waals surface area contributed by atoms with Gasteiger partial charge in [0.25, 0.3) is 0 Å². The van der Waals surface area contributed by atoms with Gasteiger partial charge >= 0.3 is 0 Å². The minimum Gasteiger partial charge on any atom is -0.462 e. The molecule has 0 spiro atoms. The molecule has 7 nitrogen and oxygen atoms in total. The van der Waals surface area contributed by atoms with E-state index in [2.05, 4.69) is 4.90 Å². The molecule has 1 N–H and O–H groups in total. The Balaban J connectivity index is 1.45. The zero-order valence-electron chi connectivity index (χ0n) is 16.6. The Kier molecular flexibility index (Phi) is 6.28. The van der Waals surface area contributed by atoms with Gasteiger partial charge < -0.3 is 19.5 Å². The van der Waals surface area contributed by atoms with E-state index < -0.39 is 17.7 Å². The van der Waals surface area contributed by atoms with Crippen molar-refractivity contribution in [3.8, 4) is 0 Å². The lowest BCUT2D eigenvalue weighted by Gasteiger charge is -2.35. The lowest BCUT2D eigenvalue weighted by atomic mass is 9.98. The van der Waals surface area contributed by atoms with Crippen LogP contribution in [0, 0.1) is 0 Å². The second kappa shape index (κ2) is 9.07. The fourth-order valence-electron chi connectivity index (χ4n) is 4.20. The van der Waals surface area contributed by atoms with Crippen LogP contribution in [0.25, 0.3) is 0 Å². The average Bonchev–Trinajstić information content (AvgIpc) is 2.77. The topological polar surface area (TPSA) is 79.3 Å². The molecule has 3 aliphatic rings. The van der Waals surface area contributed by atoms with Gasteiger partial charge in [-0.2, -0.15) is 0 Å². The molecule has 1 aromatic carbocycles. The van der Waals surface area contributed by atoms with Gasteiger partial charge in [0.05, 0.1) is 19.8 Å². The van der Waals surface area contributed by atoms with E-state index in [1.165, 1.54) is 6.08 Å². The van der Waals surface area contributed by atoms with Crippen LogP contribution < -0.4 is 0 Å². The lowest BCUT2D eigenvalue weighted by molar-refractivity contribution is -0.144. The predicted octanol–water partition coefficient (Wildman–Crippen LogP) is 1.42. The molecular weight excluding hydrogens is 372 g/mol. The Labute approximate surface area is 170 Å². The predicted molar refractivity (Wildman–Crippen MR) is 106 cm³/mol.